The van der Waals surface area contributed by atoms with Crippen molar-refractivity contribution in [2.75, 3.05) is 14.2 Å². The van der Waals surface area contributed by atoms with E-state index in [1.807, 2.05) is 6.07 Å². The van der Waals surface area contributed by atoms with E-state index < -0.39 is 5.54 Å². The van der Waals surface area contributed by atoms with Crippen LogP contribution in [0.1, 0.15) is 56.6 Å². The lowest BCUT2D eigenvalue weighted by Gasteiger charge is -2.30. The van der Waals surface area contributed by atoms with Gasteiger partial charge in [0.1, 0.15) is 0 Å². The Morgan fingerprint density at radius 2 is 1.91 bits per heavy atom. The molecule has 0 spiro atoms. The zero-order valence-corrected chi connectivity index (χ0v) is 15.1. The maximum Gasteiger partial charge on any atom is 0.235 e. The third-order valence-electron chi connectivity index (χ3n) is 4.39. The summed E-state index contributed by atoms with van der Waals surface area (Å²) in [4.78, 5) is 15.3. The molecule has 1 aromatic rings. The van der Waals surface area contributed by atoms with Gasteiger partial charge in [-0.3, -0.25) is 0 Å². The number of carbonyl (C=O) groups excluding carboxylic acids is 1. The fourth-order valence-electron chi connectivity index (χ4n) is 3.48. The molecule has 0 amide bonds. The highest BCUT2D eigenvalue weighted by Gasteiger charge is 2.41. The van der Waals surface area contributed by atoms with Crippen molar-refractivity contribution in [2.45, 2.75) is 51.0 Å². The molecule has 5 heteroatoms. The van der Waals surface area contributed by atoms with Crippen LogP contribution in [0.4, 0.5) is 0 Å². The molecule has 1 aliphatic rings. The molecule has 1 saturated carbocycles. The van der Waals surface area contributed by atoms with E-state index in [4.69, 9.17) is 9.47 Å². The summed E-state index contributed by atoms with van der Waals surface area (Å²) in [5.74, 6) is 1.63. The number of ether oxygens (including phenoxy) is 2. The summed E-state index contributed by atoms with van der Waals surface area (Å²) >= 11 is 3.66. The van der Waals surface area contributed by atoms with Gasteiger partial charge < -0.3 is 9.47 Å². The number of isocyanates is 1. The van der Waals surface area contributed by atoms with Crippen molar-refractivity contribution in [3.63, 3.8) is 0 Å². The van der Waals surface area contributed by atoms with Crippen molar-refractivity contribution in [3.8, 4) is 11.5 Å². The number of hydrogen-bond acceptors (Lipinski definition) is 4. The topological polar surface area (TPSA) is 47.9 Å². The van der Waals surface area contributed by atoms with Crippen molar-refractivity contribution in [1.82, 2.24) is 0 Å². The first-order valence-electron chi connectivity index (χ1n) is 7.54. The van der Waals surface area contributed by atoms with Crippen LogP contribution < -0.4 is 9.47 Å². The van der Waals surface area contributed by atoms with E-state index in [2.05, 4.69) is 34.8 Å². The second-order valence-corrected chi connectivity index (χ2v) is 6.83. The molecular weight excluding hydrogens is 346 g/mol. The largest absolute Gasteiger partial charge is 0.493 e. The van der Waals surface area contributed by atoms with Crippen LogP contribution in [0.5, 0.6) is 11.5 Å². The quantitative estimate of drug-likeness (QED) is 0.559. The van der Waals surface area contributed by atoms with Crippen molar-refractivity contribution in [1.29, 1.82) is 0 Å². The second kappa shape index (κ2) is 6.84. The molecule has 1 fully saturated rings. The lowest BCUT2D eigenvalue weighted by atomic mass is 9.81. The monoisotopic (exact) mass is 367 g/mol. The van der Waals surface area contributed by atoms with Gasteiger partial charge in [-0.05, 0) is 24.8 Å². The zero-order valence-electron chi connectivity index (χ0n) is 13.5. The molecule has 0 saturated heterocycles. The molecule has 0 N–H and O–H groups in total. The van der Waals surface area contributed by atoms with E-state index in [0.717, 1.165) is 47.0 Å². The molecule has 0 heterocycles. The van der Waals surface area contributed by atoms with Gasteiger partial charge in [0, 0.05) is 15.6 Å². The Kier molecular flexibility index (Phi) is 5.30. The van der Waals surface area contributed by atoms with Gasteiger partial charge >= 0.3 is 0 Å². The Hall–Kier alpha value is -1.32. The standard InChI is InChI=1S/C17H22BrNO3/c1-11(2)14-15(17(19-10-20)7-5-6-8-17)12(18)9-13(21-3)16(14)22-4/h9,11H,5-8H2,1-4H3. The van der Waals surface area contributed by atoms with E-state index in [0.29, 0.717) is 5.75 Å². The first-order chi connectivity index (χ1) is 10.5. The van der Waals surface area contributed by atoms with Gasteiger partial charge in [-0.25, -0.2) is 4.79 Å². The Bertz CT molecular complexity index is 600. The number of methoxy groups -OCH3 is 2. The van der Waals surface area contributed by atoms with Crippen LogP contribution >= 0.6 is 15.9 Å². The van der Waals surface area contributed by atoms with Crippen molar-refractivity contribution in [2.24, 2.45) is 4.99 Å². The van der Waals surface area contributed by atoms with Crippen molar-refractivity contribution < 1.29 is 14.3 Å². The first kappa shape index (κ1) is 17.0. The molecule has 0 aromatic heterocycles. The van der Waals surface area contributed by atoms with Gasteiger partial charge in [0.25, 0.3) is 0 Å². The molecule has 0 radical (unpaired) electrons. The van der Waals surface area contributed by atoms with Crippen molar-refractivity contribution >= 4 is 22.0 Å². The third-order valence-corrected chi connectivity index (χ3v) is 5.02. The fraction of sp³-hybridized carbons (Fsp3) is 0.588. The van der Waals surface area contributed by atoms with Crippen LogP contribution in [-0.4, -0.2) is 20.3 Å². The van der Waals surface area contributed by atoms with E-state index in [1.54, 1.807) is 20.3 Å². The van der Waals surface area contributed by atoms with Crippen molar-refractivity contribution in [3.05, 3.63) is 21.7 Å². The summed E-state index contributed by atoms with van der Waals surface area (Å²) in [5.41, 5.74) is 1.59. The van der Waals surface area contributed by atoms with Crippen LogP contribution in [0.15, 0.2) is 15.5 Å². The van der Waals surface area contributed by atoms with Crippen LogP contribution in [0.25, 0.3) is 0 Å². The summed E-state index contributed by atoms with van der Waals surface area (Å²) in [6, 6.07) is 1.90. The Morgan fingerprint density at radius 1 is 1.27 bits per heavy atom. The van der Waals surface area contributed by atoms with Gasteiger partial charge in [-0.15, -0.1) is 0 Å². The molecule has 22 heavy (non-hydrogen) atoms. The predicted molar refractivity (Wildman–Crippen MR) is 89.6 cm³/mol. The maximum atomic E-state index is 11.0. The van der Waals surface area contributed by atoms with Gasteiger partial charge in [0.2, 0.25) is 6.08 Å². The number of nitrogens with zero attached hydrogens (tertiary/aromatic N) is 1. The SMILES string of the molecule is COc1cc(Br)c(C2(N=C=O)CCCC2)c(C(C)C)c1OC. The summed E-state index contributed by atoms with van der Waals surface area (Å²) < 4.78 is 12.0. The third kappa shape index (κ3) is 2.80. The van der Waals surface area contributed by atoms with Gasteiger partial charge in [0.15, 0.2) is 11.5 Å². The second-order valence-electron chi connectivity index (χ2n) is 5.98. The highest BCUT2D eigenvalue weighted by molar-refractivity contribution is 9.10. The lowest BCUT2D eigenvalue weighted by molar-refractivity contribution is 0.345. The molecule has 1 aliphatic carbocycles. The molecule has 120 valence electrons. The molecular formula is C17H22BrNO3. The molecule has 1 aromatic carbocycles. The van der Waals surface area contributed by atoms with Crippen LogP contribution in [-0.2, 0) is 10.3 Å². The van der Waals surface area contributed by atoms with E-state index in [1.165, 1.54) is 0 Å². The normalized spacial score (nSPS) is 16.5. The summed E-state index contributed by atoms with van der Waals surface area (Å²) in [5, 5.41) is 0. The van der Waals surface area contributed by atoms with Gasteiger partial charge in [-0.2, -0.15) is 4.99 Å². The van der Waals surface area contributed by atoms with Gasteiger partial charge in [-0.1, -0.05) is 42.6 Å². The molecule has 2 rings (SSSR count). The number of aliphatic imine (C=N–C) groups is 1. The highest BCUT2D eigenvalue weighted by Crippen LogP contribution is 2.52. The number of benzene rings is 1. The van der Waals surface area contributed by atoms with E-state index in [-0.39, 0.29) is 5.92 Å². The molecule has 0 unspecified atom stereocenters. The van der Waals surface area contributed by atoms with Gasteiger partial charge in [0.05, 0.1) is 19.8 Å². The average Bonchev–Trinajstić information content (AvgIpc) is 2.95. The fourth-order valence-corrected chi connectivity index (χ4v) is 4.27. The minimum Gasteiger partial charge on any atom is -0.493 e. The lowest BCUT2D eigenvalue weighted by Crippen LogP contribution is -2.23. The van der Waals surface area contributed by atoms with E-state index in [9.17, 15) is 4.79 Å². The summed E-state index contributed by atoms with van der Waals surface area (Å²) in [6.45, 7) is 4.22. The van der Waals surface area contributed by atoms with Crippen LogP contribution in [0, 0.1) is 0 Å². The number of halogens is 1. The average molecular weight is 368 g/mol. The predicted octanol–water partition coefficient (Wildman–Crippen LogP) is 4.69. The Labute approximate surface area is 140 Å². The van der Waals surface area contributed by atoms with Crippen LogP contribution in [0.2, 0.25) is 0 Å². The Morgan fingerprint density at radius 3 is 2.36 bits per heavy atom. The van der Waals surface area contributed by atoms with Crippen LogP contribution in [0.3, 0.4) is 0 Å². The zero-order chi connectivity index (χ0) is 16.3. The smallest absolute Gasteiger partial charge is 0.235 e. The summed E-state index contributed by atoms with van der Waals surface area (Å²) in [7, 11) is 3.27. The molecule has 0 bridgehead atoms. The molecule has 0 atom stereocenters. The minimum absolute atomic E-state index is 0.218. The highest BCUT2D eigenvalue weighted by atomic mass is 79.9. The van der Waals surface area contributed by atoms with E-state index >= 15 is 0 Å². The number of rotatable bonds is 5. The molecule has 4 nitrogen and oxygen atoms in total. The number of hydrogen-bond donors (Lipinski definition) is 0. The minimum atomic E-state index is -0.500. The molecule has 0 aliphatic heterocycles. The summed E-state index contributed by atoms with van der Waals surface area (Å²) in [6.07, 6.45) is 5.62. The first-order valence-corrected chi connectivity index (χ1v) is 8.34. The Balaban J connectivity index is 2.82. The maximum absolute atomic E-state index is 11.0.